The van der Waals surface area contributed by atoms with E-state index in [0.29, 0.717) is 0 Å². The minimum absolute atomic E-state index is 0.498. The van der Waals surface area contributed by atoms with Gasteiger partial charge < -0.3 is 0 Å². The molecule has 0 unspecified atom stereocenters. The Kier molecular flexibility index (Phi) is 7.45. The molecule has 0 saturated heterocycles. The number of aromatic nitrogens is 3. The SMILES string of the molecule is c1ccc(-c2ccc3ccc4ccc(-c5cccc6c(-c7ccc8c9c(ccc8n7)-c7ccccc7C9(c7ccccc7)c7ccccc7)cccc56)nc4c3n2)cc1. The van der Waals surface area contributed by atoms with Crippen LogP contribution >= 0.6 is 0 Å². The van der Waals surface area contributed by atoms with E-state index >= 15 is 0 Å². The number of pyridine rings is 3. The minimum atomic E-state index is -0.498. The molecule has 274 valence electrons. The molecule has 8 aromatic carbocycles. The number of benzene rings is 8. The highest BCUT2D eigenvalue weighted by molar-refractivity contribution is 6.08. The molecule has 0 amide bonds. The number of hydrogen-bond acceptors (Lipinski definition) is 3. The first-order valence-electron chi connectivity index (χ1n) is 20.2. The van der Waals surface area contributed by atoms with Gasteiger partial charge in [-0.3, -0.25) is 0 Å². The van der Waals surface area contributed by atoms with Crippen molar-refractivity contribution >= 4 is 43.5 Å². The fourth-order valence-corrected chi connectivity index (χ4v) is 9.75. The quantitative estimate of drug-likeness (QED) is 0.165. The summed E-state index contributed by atoms with van der Waals surface area (Å²) in [7, 11) is 0. The van der Waals surface area contributed by atoms with Crippen molar-refractivity contribution in [3.05, 3.63) is 235 Å². The summed E-state index contributed by atoms with van der Waals surface area (Å²) >= 11 is 0. The molecule has 3 heteroatoms. The van der Waals surface area contributed by atoms with Crippen LogP contribution in [0, 0.1) is 0 Å². The van der Waals surface area contributed by atoms with Crippen molar-refractivity contribution in [2.75, 3.05) is 0 Å². The Bertz CT molecular complexity index is 3390. The van der Waals surface area contributed by atoms with Gasteiger partial charge in [0.2, 0.25) is 0 Å². The minimum Gasteiger partial charge on any atom is -0.248 e. The third kappa shape index (κ3) is 5.05. The lowest BCUT2D eigenvalue weighted by Crippen LogP contribution is -2.28. The lowest BCUT2D eigenvalue weighted by atomic mass is 9.67. The smallest absolute Gasteiger partial charge is 0.0972 e. The Balaban J connectivity index is 1.02. The second-order valence-corrected chi connectivity index (χ2v) is 15.5. The van der Waals surface area contributed by atoms with Crippen LogP contribution in [0.2, 0.25) is 0 Å². The Morgan fingerprint density at radius 3 is 1.47 bits per heavy atom. The fraction of sp³-hybridized carbons (Fsp3) is 0.0179. The molecule has 0 bridgehead atoms. The maximum absolute atomic E-state index is 5.48. The van der Waals surface area contributed by atoms with Gasteiger partial charge in [0.15, 0.2) is 0 Å². The van der Waals surface area contributed by atoms with Crippen molar-refractivity contribution in [2.24, 2.45) is 0 Å². The maximum Gasteiger partial charge on any atom is 0.0972 e. The second-order valence-electron chi connectivity index (χ2n) is 15.5. The zero-order chi connectivity index (χ0) is 38.9. The molecule has 12 rings (SSSR count). The van der Waals surface area contributed by atoms with Crippen LogP contribution in [0.3, 0.4) is 0 Å². The largest absolute Gasteiger partial charge is 0.248 e. The summed E-state index contributed by atoms with van der Waals surface area (Å²) in [6.07, 6.45) is 0. The lowest BCUT2D eigenvalue weighted by molar-refractivity contribution is 0.775. The van der Waals surface area contributed by atoms with Crippen LogP contribution in [0.25, 0.3) is 88.4 Å². The number of hydrogen-bond donors (Lipinski definition) is 0. The first-order chi connectivity index (χ1) is 29.3. The summed E-state index contributed by atoms with van der Waals surface area (Å²) in [6, 6.07) is 76.1. The molecule has 0 aliphatic heterocycles. The van der Waals surface area contributed by atoms with Crippen molar-refractivity contribution in [2.45, 2.75) is 5.41 Å². The number of nitrogens with zero attached hydrogens (tertiary/aromatic N) is 3. The van der Waals surface area contributed by atoms with E-state index in [2.05, 4.69) is 206 Å². The van der Waals surface area contributed by atoms with Gasteiger partial charge in [-0.1, -0.05) is 188 Å². The Morgan fingerprint density at radius 2 is 0.814 bits per heavy atom. The molecule has 1 aliphatic carbocycles. The van der Waals surface area contributed by atoms with Gasteiger partial charge in [-0.15, -0.1) is 0 Å². The van der Waals surface area contributed by atoms with Crippen LogP contribution in [0.1, 0.15) is 22.3 Å². The Hall–Kier alpha value is -7.75. The number of fused-ring (bicyclic) bond motifs is 9. The monoisotopic (exact) mass is 749 g/mol. The van der Waals surface area contributed by atoms with Crippen LogP contribution in [-0.2, 0) is 5.41 Å². The molecule has 3 aromatic heterocycles. The molecular formula is C56H35N3. The third-order valence-electron chi connectivity index (χ3n) is 12.3. The normalized spacial score (nSPS) is 12.9. The zero-order valence-electron chi connectivity index (χ0n) is 32.0. The number of rotatable bonds is 5. The standard InChI is InChI=1S/C56H35N3/c1-4-14-36(15-5-1)49-32-28-37-26-27-38-29-33-51(59-55(38)54(37)58-49)45-24-13-21-41-42(45)22-12-23-44(41)50-35-31-47-52(57-50)34-30-46-43-20-10-11-25-48(43)56(53(46)47,39-16-6-2-7-17-39)40-18-8-3-9-19-40/h1-35H. The Morgan fingerprint density at radius 1 is 0.305 bits per heavy atom. The predicted octanol–water partition coefficient (Wildman–Crippen LogP) is 13.8. The molecule has 3 heterocycles. The van der Waals surface area contributed by atoms with E-state index in [1.807, 2.05) is 6.07 Å². The molecule has 11 aromatic rings. The highest BCUT2D eigenvalue weighted by Crippen LogP contribution is 2.58. The van der Waals surface area contributed by atoms with Gasteiger partial charge in [0.25, 0.3) is 0 Å². The maximum atomic E-state index is 5.48. The van der Waals surface area contributed by atoms with E-state index in [1.54, 1.807) is 0 Å². The predicted molar refractivity (Wildman–Crippen MR) is 243 cm³/mol. The molecule has 3 nitrogen and oxygen atoms in total. The van der Waals surface area contributed by atoms with E-state index in [4.69, 9.17) is 15.0 Å². The molecule has 1 aliphatic rings. The molecule has 0 radical (unpaired) electrons. The van der Waals surface area contributed by atoms with Crippen molar-refractivity contribution in [3.63, 3.8) is 0 Å². The lowest BCUT2D eigenvalue weighted by Gasteiger charge is -2.34. The van der Waals surface area contributed by atoms with Crippen LogP contribution in [0.15, 0.2) is 212 Å². The molecule has 0 fully saturated rings. The highest BCUT2D eigenvalue weighted by Gasteiger charge is 2.47. The molecule has 0 spiro atoms. The summed E-state index contributed by atoms with van der Waals surface area (Å²) in [5.74, 6) is 0. The van der Waals surface area contributed by atoms with E-state index in [0.717, 1.165) is 77.3 Å². The van der Waals surface area contributed by atoms with E-state index in [1.165, 1.54) is 33.4 Å². The molecule has 0 atom stereocenters. The van der Waals surface area contributed by atoms with Crippen molar-refractivity contribution in [1.82, 2.24) is 15.0 Å². The topological polar surface area (TPSA) is 38.7 Å². The van der Waals surface area contributed by atoms with Gasteiger partial charge in [0.1, 0.15) is 0 Å². The van der Waals surface area contributed by atoms with Crippen LogP contribution < -0.4 is 0 Å². The van der Waals surface area contributed by atoms with Gasteiger partial charge in [-0.05, 0) is 68.4 Å². The molecular weight excluding hydrogens is 715 g/mol. The summed E-state index contributed by atoms with van der Waals surface area (Å²) in [5, 5.41) is 5.57. The van der Waals surface area contributed by atoms with Gasteiger partial charge >= 0.3 is 0 Å². The van der Waals surface area contributed by atoms with Crippen LogP contribution in [0.4, 0.5) is 0 Å². The zero-order valence-corrected chi connectivity index (χ0v) is 32.0. The first kappa shape index (κ1) is 33.4. The molecule has 0 saturated carbocycles. The van der Waals surface area contributed by atoms with Gasteiger partial charge in [-0.25, -0.2) is 15.0 Å². The average Bonchev–Trinajstić information content (AvgIpc) is 3.63. The second kappa shape index (κ2) is 13.2. The molecule has 0 N–H and O–H groups in total. The van der Waals surface area contributed by atoms with Crippen molar-refractivity contribution < 1.29 is 0 Å². The van der Waals surface area contributed by atoms with E-state index < -0.39 is 5.41 Å². The van der Waals surface area contributed by atoms with Crippen LogP contribution in [0.5, 0.6) is 0 Å². The fourth-order valence-electron chi connectivity index (χ4n) is 9.75. The van der Waals surface area contributed by atoms with Gasteiger partial charge in [-0.2, -0.15) is 0 Å². The summed E-state index contributed by atoms with van der Waals surface area (Å²) in [5.41, 5.74) is 16.0. The molecule has 59 heavy (non-hydrogen) atoms. The Labute approximate surface area is 342 Å². The average molecular weight is 750 g/mol. The van der Waals surface area contributed by atoms with Crippen molar-refractivity contribution in [1.29, 1.82) is 0 Å². The first-order valence-corrected chi connectivity index (χ1v) is 20.2. The van der Waals surface area contributed by atoms with Crippen molar-refractivity contribution in [3.8, 4) is 44.9 Å². The summed E-state index contributed by atoms with van der Waals surface area (Å²) < 4.78 is 0. The van der Waals surface area contributed by atoms with Crippen LogP contribution in [-0.4, -0.2) is 15.0 Å². The van der Waals surface area contributed by atoms with Gasteiger partial charge in [0.05, 0.1) is 39.0 Å². The van der Waals surface area contributed by atoms with Gasteiger partial charge in [0, 0.05) is 32.8 Å². The summed E-state index contributed by atoms with van der Waals surface area (Å²) in [4.78, 5) is 16.0. The summed E-state index contributed by atoms with van der Waals surface area (Å²) in [6.45, 7) is 0. The highest BCUT2D eigenvalue weighted by atomic mass is 14.8. The van der Waals surface area contributed by atoms with E-state index in [9.17, 15) is 0 Å². The third-order valence-corrected chi connectivity index (χ3v) is 12.3. The van der Waals surface area contributed by atoms with E-state index in [-0.39, 0.29) is 0 Å².